The Morgan fingerprint density at radius 3 is 1.17 bits per heavy atom. The largest absolute Gasteiger partial charge is 0.494 e. The van der Waals surface area contributed by atoms with Gasteiger partial charge in [0.1, 0.15) is 22.7 Å². The normalized spacial score (nSPS) is 11.0. The highest BCUT2D eigenvalue weighted by atomic mass is 16.6. The Balaban J connectivity index is 0.000000420. The monoisotopic (exact) mass is 590 g/mol. The molecule has 0 bridgehead atoms. The van der Waals surface area contributed by atoms with Crippen molar-refractivity contribution in [1.82, 2.24) is 0 Å². The third kappa shape index (κ3) is 17.5. The summed E-state index contributed by atoms with van der Waals surface area (Å²) >= 11 is 0. The third-order valence-electron chi connectivity index (χ3n) is 5.02. The Hall–Kier alpha value is -4.22. The highest BCUT2D eigenvalue weighted by Gasteiger charge is 2.16. The SMILES string of the molecule is CC(C)(C)OC(=O)CCCCOc1ccc([N+](=O)[O-])cc1.CC(C)(C)OC(=O)CCCCOc1ccc([N+](=O)[O-])cc1. The minimum atomic E-state index is -0.454. The van der Waals surface area contributed by atoms with Crippen molar-refractivity contribution in [2.75, 3.05) is 13.2 Å². The second-order valence-corrected chi connectivity index (χ2v) is 11.3. The Kier molecular flexibility index (Phi) is 15.0. The number of carbonyl (C=O) groups excluding carboxylic acids is 2. The van der Waals surface area contributed by atoms with E-state index in [2.05, 4.69) is 0 Å². The van der Waals surface area contributed by atoms with Gasteiger partial charge in [-0.2, -0.15) is 0 Å². The predicted octanol–water partition coefficient (Wildman–Crippen LogP) is 6.97. The topological polar surface area (TPSA) is 157 Å². The van der Waals surface area contributed by atoms with Gasteiger partial charge in [0.05, 0.1) is 23.1 Å². The van der Waals surface area contributed by atoms with Crippen LogP contribution in [0.5, 0.6) is 11.5 Å². The van der Waals surface area contributed by atoms with Gasteiger partial charge in [-0.05, 0) is 91.5 Å². The molecule has 232 valence electrons. The first kappa shape index (κ1) is 35.8. The van der Waals surface area contributed by atoms with E-state index in [4.69, 9.17) is 18.9 Å². The van der Waals surface area contributed by atoms with Crippen molar-refractivity contribution in [3.8, 4) is 11.5 Å². The van der Waals surface area contributed by atoms with E-state index in [1.807, 2.05) is 41.5 Å². The van der Waals surface area contributed by atoms with Crippen molar-refractivity contribution >= 4 is 23.3 Å². The average molecular weight is 591 g/mol. The van der Waals surface area contributed by atoms with Crippen LogP contribution in [0, 0.1) is 20.2 Å². The van der Waals surface area contributed by atoms with Crippen LogP contribution < -0.4 is 9.47 Å². The van der Waals surface area contributed by atoms with Crippen LogP contribution in [0.4, 0.5) is 11.4 Å². The lowest BCUT2D eigenvalue weighted by molar-refractivity contribution is -0.385. The summed E-state index contributed by atoms with van der Waals surface area (Å²) in [6, 6.07) is 11.8. The third-order valence-corrected chi connectivity index (χ3v) is 5.02. The van der Waals surface area contributed by atoms with Gasteiger partial charge in [-0.1, -0.05) is 0 Å². The van der Waals surface area contributed by atoms with E-state index in [0.717, 1.165) is 12.8 Å². The minimum Gasteiger partial charge on any atom is -0.494 e. The molecule has 0 spiro atoms. The van der Waals surface area contributed by atoms with Gasteiger partial charge >= 0.3 is 11.9 Å². The molecule has 2 aromatic rings. The molecule has 0 aromatic heterocycles. The van der Waals surface area contributed by atoms with Crippen molar-refractivity contribution < 1.29 is 38.4 Å². The summed E-state index contributed by atoms with van der Waals surface area (Å²) in [5, 5.41) is 21.0. The molecule has 2 aromatic carbocycles. The van der Waals surface area contributed by atoms with E-state index in [9.17, 15) is 29.8 Å². The zero-order valence-electron chi connectivity index (χ0n) is 25.3. The van der Waals surface area contributed by atoms with Gasteiger partial charge in [-0.15, -0.1) is 0 Å². The Morgan fingerprint density at radius 1 is 0.595 bits per heavy atom. The number of hydrogen-bond donors (Lipinski definition) is 0. The molecule has 0 fully saturated rings. The number of benzene rings is 2. The molecule has 0 aliphatic carbocycles. The molecule has 0 aliphatic heterocycles. The number of rotatable bonds is 14. The molecule has 0 amide bonds. The number of nitro groups is 2. The van der Waals surface area contributed by atoms with Gasteiger partial charge in [0.25, 0.3) is 11.4 Å². The Bertz CT molecular complexity index is 1040. The Morgan fingerprint density at radius 2 is 0.905 bits per heavy atom. The number of unbranched alkanes of at least 4 members (excludes halogenated alkanes) is 2. The van der Waals surface area contributed by atoms with Crippen molar-refractivity contribution in [3.05, 3.63) is 68.8 Å². The standard InChI is InChI=1S/2C15H21NO5/c2*1-15(2,3)21-14(17)6-4-5-11-20-13-9-7-12(8-10-13)16(18)19/h2*7-10H,4-6,11H2,1-3H3. The van der Waals surface area contributed by atoms with Gasteiger partial charge in [0.15, 0.2) is 0 Å². The fraction of sp³-hybridized carbons (Fsp3) is 0.533. The van der Waals surface area contributed by atoms with Crippen LogP contribution in [0.25, 0.3) is 0 Å². The van der Waals surface area contributed by atoms with E-state index in [1.165, 1.54) is 24.3 Å². The first-order valence-electron chi connectivity index (χ1n) is 13.7. The van der Waals surface area contributed by atoms with Gasteiger partial charge < -0.3 is 18.9 Å². The zero-order valence-corrected chi connectivity index (χ0v) is 25.3. The predicted molar refractivity (Wildman–Crippen MR) is 157 cm³/mol. The molecule has 42 heavy (non-hydrogen) atoms. The second kappa shape index (κ2) is 17.6. The summed E-state index contributed by atoms with van der Waals surface area (Å²) in [5.41, 5.74) is -0.835. The van der Waals surface area contributed by atoms with E-state index in [1.54, 1.807) is 24.3 Å². The maximum atomic E-state index is 11.5. The lowest BCUT2D eigenvalue weighted by Crippen LogP contribution is -2.23. The van der Waals surface area contributed by atoms with Crippen LogP contribution in [0.1, 0.15) is 80.1 Å². The summed E-state index contributed by atoms with van der Waals surface area (Å²) < 4.78 is 21.3. The van der Waals surface area contributed by atoms with Crippen LogP contribution in [0.15, 0.2) is 48.5 Å². The lowest BCUT2D eigenvalue weighted by atomic mass is 10.2. The van der Waals surface area contributed by atoms with Gasteiger partial charge in [0.2, 0.25) is 0 Å². The molecule has 0 heterocycles. The number of non-ortho nitro benzene ring substituents is 2. The van der Waals surface area contributed by atoms with Gasteiger partial charge in [-0.25, -0.2) is 0 Å². The molecular weight excluding hydrogens is 548 g/mol. The second-order valence-electron chi connectivity index (χ2n) is 11.3. The van der Waals surface area contributed by atoms with Crippen molar-refractivity contribution in [1.29, 1.82) is 0 Å². The van der Waals surface area contributed by atoms with Crippen molar-refractivity contribution in [2.24, 2.45) is 0 Å². The number of nitrogens with zero attached hydrogens (tertiary/aromatic N) is 2. The average Bonchev–Trinajstić information content (AvgIpc) is 2.87. The van der Waals surface area contributed by atoms with Crippen LogP contribution in [0.2, 0.25) is 0 Å². The summed E-state index contributed by atoms with van der Waals surface area (Å²) in [6.45, 7) is 11.9. The maximum absolute atomic E-state index is 11.5. The van der Waals surface area contributed by atoms with Gasteiger partial charge in [0, 0.05) is 37.1 Å². The molecule has 12 nitrogen and oxygen atoms in total. The number of nitro benzene ring substituents is 2. The molecule has 2 rings (SSSR count). The molecule has 0 saturated carbocycles. The van der Waals surface area contributed by atoms with E-state index in [-0.39, 0.29) is 23.3 Å². The summed E-state index contributed by atoms with van der Waals surface area (Å²) in [7, 11) is 0. The first-order chi connectivity index (χ1) is 19.6. The maximum Gasteiger partial charge on any atom is 0.306 e. The zero-order chi connectivity index (χ0) is 31.8. The summed E-state index contributed by atoms with van der Waals surface area (Å²) in [5.74, 6) is 0.742. The van der Waals surface area contributed by atoms with Crippen molar-refractivity contribution in [2.45, 2.75) is 91.3 Å². The highest BCUT2D eigenvalue weighted by Crippen LogP contribution is 2.19. The number of esters is 2. The van der Waals surface area contributed by atoms with Crippen LogP contribution in [0.3, 0.4) is 0 Å². The van der Waals surface area contributed by atoms with E-state index < -0.39 is 21.0 Å². The molecular formula is C30H42N2O10. The molecule has 0 unspecified atom stereocenters. The number of hydrogen-bond acceptors (Lipinski definition) is 10. The Labute approximate surface area is 246 Å². The molecule has 0 saturated heterocycles. The smallest absolute Gasteiger partial charge is 0.306 e. The van der Waals surface area contributed by atoms with Gasteiger partial charge in [-0.3, -0.25) is 29.8 Å². The molecule has 0 radical (unpaired) electrons. The quantitative estimate of drug-likeness (QED) is 0.0973. The number of carbonyl (C=O) groups is 2. The van der Waals surface area contributed by atoms with Crippen LogP contribution >= 0.6 is 0 Å². The molecule has 0 atom stereocenters. The van der Waals surface area contributed by atoms with Crippen LogP contribution in [-0.4, -0.2) is 46.2 Å². The fourth-order valence-electron chi connectivity index (χ4n) is 3.24. The van der Waals surface area contributed by atoms with Crippen LogP contribution in [-0.2, 0) is 19.1 Å². The molecule has 12 heteroatoms. The van der Waals surface area contributed by atoms with E-state index in [0.29, 0.717) is 50.4 Å². The number of ether oxygens (including phenoxy) is 4. The molecule has 0 N–H and O–H groups in total. The van der Waals surface area contributed by atoms with E-state index >= 15 is 0 Å². The highest BCUT2D eigenvalue weighted by molar-refractivity contribution is 5.70. The minimum absolute atomic E-state index is 0.0345. The first-order valence-corrected chi connectivity index (χ1v) is 13.7. The fourth-order valence-corrected chi connectivity index (χ4v) is 3.24. The van der Waals surface area contributed by atoms with Crippen molar-refractivity contribution in [3.63, 3.8) is 0 Å². The summed E-state index contributed by atoms with van der Waals surface area (Å²) in [4.78, 5) is 43.0. The summed E-state index contributed by atoms with van der Waals surface area (Å²) in [6.07, 6.45) is 3.53. The molecule has 0 aliphatic rings. The lowest BCUT2D eigenvalue weighted by Gasteiger charge is -2.19.